The molecule has 1 aliphatic rings. The van der Waals surface area contributed by atoms with Crippen LogP contribution < -0.4 is 5.14 Å². The largest absolute Gasteiger partial charge is 0.444 e. The minimum absolute atomic E-state index is 0.102. The number of benzene rings is 1. The number of piperidine rings is 1. The van der Waals surface area contributed by atoms with Crippen LogP contribution in [0.1, 0.15) is 44.0 Å². The molecule has 1 unspecified atom stereocenters. The fourth-order valence-electron chi connectivity index (χ4n) is 3.22. The topological polar surface area (TPSA) is 110 Å². The number of hydrogen-bond acceptors (Lipinski definition) is 5. The lowest BCUT2D eigenvalue weighted by molar-refractivity contribution is 0.0244. The Kier molecular flexibility index (Phi) is 7.34. The van der Waals surface area contributed by atoms with E-state index in [9.17, 15) is 18.0 Å². The molecule has 29 heavy (non-hydrogen) atoms. The van der Waals surface area contributed by atoms with Crippen molar-refractivity contribution in [2.24, 2.45) is 11.1 Å². The molecule has 1 saturated heterocycles. The Balaban J connectivity index is 2.09. The van der Waals surface area contributed by atoms with Gasteiger partial charge in [0, 0.05) is 31.2 Å². The zero-order chi connectivity index (χ0) is 22.0. The zero-order valence-corrected chi connectivity index (χ0v) is 19.5. The van der Waals surface area contributed by atoms with Gasteiger partial charge in [0.25, 0.3) is 5.91 Å². The summed E-state index contributed by atoms with van der Waals surface area (Å²) in [5, 5.41) is 5.19. The standard InChI is InChI=1S/C19H28BrN3O5S/c1-19(2,3)28-18(25)22(4)11-13-6-5-9-23(12-13)17(24)15-10-14(29(21,26)27)7-8-16(15)20/h7-8,10,13H,5-6,9,11-12H2,1-4H3,(H2,21,26,27). The summed E-state index contributed by atoms with van der Waals surface area (Å²) in [7, 11) is -2.23. The first-order valence-corrected chi connectivity index (χ1v) is 11.7. The lowest BCUT2D eigenvalue weighted by atomic mass is 9.97. The van der Waals surface area contributed by atoms with Crippen molar-refractivity contribution in [3.8, 4) is 0 Å². The summed E-state index contributed by atoms with van der Waals surface area (Å²) in [5.41, 5.74) is -0.321. The molecule has 1 aromatic rings. The van der Waals surface area contributed by atoms with E-state index in [0.29, 0.717) is 24.1 Å². The second-order valence-electron chi connectivity index (χ2n) is 8.31. The summed E-state index contributed by atoms with van der Waals surface area (Å²) < 4.78 is 29.1. The van der Waals surface area contributed by atoms with Crippen molar-refractivity contribution in [2.75, 3.05) is 26.7 Å². The Hall–Kier alpha value is -1.65. The van der Waals surface area contributed by atoms with Gasteiger partial charge in [-0.1, -0.05) is 0 Å². The summed E-state index contributed by atoms with van der Waals surface area (Å²) in [6.45, 7) is 6.94. The Morgan fingerprint density at radius 2 is 2.00 bits per heavy atom. The lowest BCUT2D eigenvalue weighted by Crippen LogP contribution is -2.45. The van der Waals surface area contributed by atoms with Crippen molar-refractivity contribution in [1.82, 2.24) is 9.80 Å². The van der Waals surface area contributed by atoms with Crippen molar-refractivity contribution in [3.05, 3.63) is 28.2 Å². The van der Waals surface area contributed by atoms with Crippen molar-refractivity contribution in [3.63, 3.8) is 0 Å². The molecule has 1 aromatic carbocycles. The summed E-state index contributed by atoms with van der Waals surface area (Å²) in [6.07, 6.45) is 1.28. The number of sulfonamides is 1. The van der Waals surface area contributed by atoms with Crippen LogP contribution >= 0.6 is 15.9 Å². The Labute approximate surface area is 180 Å². The van der Waals surface area contributed by atoms with Gasteiger partial charge in [-0.15, -0.1) is 0 Å². The number of carbonyl (C=O) groups excluding carboxylic acids is 2. The van der Waals surface area contributed by atoms with E-state index in [1.54, 1.807) is 11.9 Å². The van der Waals surface area contributed by atoms with E-state index in [0.717, 1.165) is 12.8 Å². The van der Waals surface area contributed by atoms with Crippen molar-refractivity contribution in [2.45, 2.75) is 44.1 Å². The SMILES string of the molecule is CN(CC1CCCN(C(=O)c2cc(S(N)(=O)=O)ccc2Br)C1)C(=O)OC(C)(C)C. The molecule has 0 aliphatic carbocycles. The number of ether oxygens (including phenoxy) is 1. The Bertz CT molecular complexity index is 882. The minimum Gasteiger partial charge on any atom is -0.444 e. The van der Waals surface area contributed by atoms with Crippen LogP contribution in [-0.4, -0.2) is 62.5 Å². The average molecular weight is 490 g/mol. The number of nitrogens with two attached hydrogens (primary N) is 1. The number of halogens is 1. The molecule has 0 radical (unpaired) electrons. The van der Waals surface area contributed by atoms with E-state index in [-0.39, 0.29) is 22.3 Å². The third kappa shape index (κ3) is 6.68. The van der Waals surface area contributed by atoms with E-state index in [4.69, 9.17) is 9.88 Å². The highest BCUT2D eigenvalue weighted by atomic mass is 79.9. The number of likely N-dealkylation sites (tertiary alicyclic amines) is 1. The van der Waals surface area contributed by atoms with E-state index in [2.05, 4.69) is 15.9 Å². The van der Waals surface area contributed by atoms with Gasteiger partial charge < -0.3 is 14.5 Å². The number of hydrogen-bond donors (Lipinski definition) is 1. The van der Waals surface area contributed by atoms with Crippen molar-refractivity contribution < 1.29 is 22.7 Å². The normalized spacial score (nSPS) is 17.7. The molecule has 0 bridgehead atoms. The third-order valence-electron chi connectivity index (χ3n) is 4.54. The van der Waals surface area contributed by atoms with Crippen LogP contribution in [-0.2, 0) is 14.8 Å². The van der Waals surface area contributed by atoms with Crippen LogP contribution in [0.15, 0.2) is 27.6 Å². The van der Waals surface area contributed by atoms with Crippen LogP contribution in [0.3, 0.4) is 0 Å². The molecule has 162 valence electrons. The van der Waals surface area contributed by atoms with Crippen molar-refractivity contribution >= 4 is 38.0 Å². The fourth-order valence-corrected chi connectivity index (χ4v) is 4.17. The van der Waals surface area contributed by atoms with Crippen molar-refractivity contribution in [1.29, 1.82) is 0 Å². The number of rotatable bonds is 4. The zero-order valence-electron chi connectivity index (χ0n) is 17.1. The van der Waals surface area contributed by atoms with E-state index >= 15 is 0 Å². The number of carbonyl (C=O) groups is 2. The quantitative estimate of drug-likeness (QED) is 0.698. The first-order chi connectivity index (χ1) is 13.3. The predicted molar refractivity (Wildman–Crippen MR) is 113 cm³/mol. The molecule has 1 atom stereocenters. The monoisotopic (exact) mass is 489 g/mol. The maximum atomic E-state index is 13.0. The van der Waals surface area contributed by atoms with E-state index in [1.165, 1.54) is 23.1 Å². The molecule has 2 rings (SSSR count). The van der Waals surface area contributed by atoms with Gasteiger partial charge in [0.2, 0.25) is 10.0 Å². The summed E-state index contributed by atoms with van der Waals surface area (Å²) in [6, 6.07) is 4.15. The van der Waals surface area contributed by atoms with Gasteiger partial charge in [0.1, 0.15) is 5.60 Å². The van der Waals surface area contributed by atoms with Crippen LogP contribution in [0.25, 0.3) is 0 Å². The van der Waals surface area contributed by atoms with Gasteiger partial charge in [0.15, 0.2) is 0 Å². The second-order valence-corrected chi connectivity index (χ2v) is 10.7. The van der Waals surface area contributed by atoms with Crippen LogP contribution in [0.2, 0.25) is 0 Å². The molecule has 8 nitrogen and oxygen atoms in total. The molecule has 0 aromatic heterocycles. The third-order valence-corrected chi connectivity index (χ3v) is 6.14. The van der Waals surface area contributed by atoms with E-state index in [1.807, 2.05) is 20.8 Å². The minimum atomic E-state index is -3.91. The molecule has 2 N–H and O–H groups in total. The molecular formula is C19H28BrN3O5S. The lowest BCUT2D eigenvalue weighted by Gasteiger charge is -2.35. The van der Waals surface area contributed by atoms with Gasteiger partial charge in [-0.25, -0.2) is 18.4 Å². The fraction of sp³-hybridized carbons (Fsp3) is 0.579. The van der Waals surface area contributed by atoms with Gasteiger partial charge in [-0.05, 0) is 73.7 Å². The Morgan fingerprint density at radius 1 is 1.34 bits per heavy atom. The van der Waals surface area contributed by atoms with Gasteiger partial charge in [-0.2, -0.15) is 0 Å². The van der Waals surface area contributed by atoms with E-state index < -0.39 is 21.7 Å². The van der Waals surface area contributed by atoms with Crippen LogP contribution in [0.5, 0.6) is 0 Å². The van der Waals surface area contributed by atoms with Crippen LogP contribution in [0.4, 0.5) is 4.79 Å². The van der Waals surface area contributed by atoms with Gasteiger partial charge in [-0.3, -0.25) is 4.79 Å². The molecule has 0 saturated carbocycles. The second kappa shape index (κ2) is 9.01. The van der Waals surface area contributed by atoms with Crippen LogP contribution in [0, 0.1) is 5.92 Å². The smallest absolute Gasteiger partial charge is 0.410 e. The molecule has 10 heteroatoms. The Morgan fingerprint density at radius 3 is 2.59 bits per heavy atom. The maximum Gasteiger partial charge on any atom is 0.410 e. The number of amides is 2. The molecule has 2 amide bonds. The summed E-state index contributed by atoms with van der Waals surface area (Å²) >= 11 is 3.31. The molecule has 0 spiro atoms. The highest BCUT2D eigenvalue weighted by molar-refractivity contribution is 9.10. The number of nitrogens with zero attached hydrogens (tertiary/aromatic N) is 2. The highest BCUT2D eigenvalue weighted by Crippen LogP contribution is 2.25. The molecule has 1 fully saturated rings. The summed E-state index contributed by atoms with van der Waals surface area (Å²) in [5.74, 6) is -0.169. The highest BCUT2D eigenvalue weighted by Gasteiger charge is 2.29. The van der Waals surface area contributed by atoms with Gasteiger partial charge in [0.05, 0.1) is 10.5 Å². The maximum absolute atomic E-state index is 13.0. The number of primary sulfonamides is 1. The first kappa shape index (κ1) is 23.6. The summed E-state index contributed by atoms with van der Waals surface area (Å²) in [4.78, 5) is 28.3. The molecule has 1 aliphatic heterocycles. The average Bonchev–Trinajstić information content (AvgIpc) is 2.59. The first-order valence-electron chi connectivity index (χ1n) is 9.33. The molecule has 1 heterocycles. The predicted octanol–water partition coefficient (Wildman–Crippen LogP) is 2.82. The van der Waals surface area contributed by atoms with Gasteiger partial charge >= 0.3 is 6.09 Å². The molecular weight excluding hydrogens is 462 g/mol.